The lowest BCUT2D eigenvalue weighted by Crippen LogP contribution is -2.51. The van der Waals surface area contributed by atoms with Crippen LogP contribution in [0, 0.1) is 11.3 Å². The summed E-state index contributed by atoms with van der Waals surface area (Å²) in [4.78, 5) is 37.8. The van der Waals surface area contributed by atoms with Crippen LogP contribution < -0.4 is 10.1 Å². The number of ether oxygens (including phenoxy) is 2. The van der Waals surface area contributed by atoms with E-state index in [0.29, 0.717) is 24.2 Å². The van der Waals surface area contributed by atoms with Crippen molar-refractivity contribution in [2.75, 3.05) is 27.3 Å². The molecule has 8 nitrogen and oxygen atoms in total. The maximum atomic E-state index is 12.3. The largest absolute Gasteiger partial charge is 0.496 e. The predicted molar refractivity (Wildman–Crippen MR) is 100 cm³/mol. The molecule has 0 radical (unpaired) electrons. The van der Waals surface area contributed by atoms with Crippen molar-refractivity contribution in [3.05, 3.63) is 29.8 Å². The molecule has 2 amide bonds. The molecule has 8 heteroatoms. The second kappa shape index (κ2) is 9.74. The van der Waals surface area contributed by atoms with E-state index in [9.17, 15) is 19.6 Å². The molecule has 1 aliphatic rings. The topological polar surface area (TPSA) is 109 Å². The van der Waals surface area contributed by atoms with Gasteiger partial charge in [-0.25, -0.2) is 0 Å². The maximum absolute atomic E-state index is 12.3. The van der Waals surface area contributed by atoms with Gasteiger partial charge in [-0.1, -0.05) is 31.4 Å². The summed E-state index contributed by atoms with van der Waals surface area (Å²) in [7, 11) is 3.01. The first kappa shape index (κ1) is 21.2. The lowest BCUT2D eigenvalue weighted by molar-refractivity contribution is -0.152. The van der Waals surface area contributed by atoms with Gasteiger partial charge in [0.15, 0.2) is 6.61 Å². The van der Waals surface area contributed by atoms with E-state index in [4.69, 9.17) is 9.47 Å². The molecular weight excluding hydrogens is 362 g/mol. The van der Waals surface area contributed by atoms with Gasteiger partial charge < -0.3 is 19.7 Å². The molecule has 0 aromatic heterocycles. The monoisotopic (exact) mass is 387 g/mol. The standard InChI is InChI=1S/C20H25N3O5/c1-23(20(14-21)10-6-3-7-11-20)17(24)13-28-18(25)12-22-19(26)15-8-4-5-9-16(15)27-2/h4-5,8-9H,3,6-7,10-13H2,1-2H3,(H,22,26). The minimum Gasteiger partial charge on any atom is -0.496 e. The van der Waals surface area contributed by atoms with Crippen LogP contribution in [-0.4, -0.2) is 55.5 Å². The van der Waals surface area contributed by atoms with Gasteiger partial charge >= 0.3 is 5.97 Å². The molecule has 0 spiro atoms. The number of rotatable bonds is 7. The third kappa shape index (κ3) is 5.00. The molecule has 28 heavy (non-hydrogen) atoms. The quantitative estimate of drug-likeness (QED) is 0.713. The van der Waals surface area contributed by atoms with Crippen LogP contribution in [0.15, 0.2) is 24.3 Å². The molecule has 0 heterocycles. The summed E-state index contributed by atoms with van der Waals surface area (Å²) in [6, 6.07) is 8.87. The smallest absolute Gasteiger partial charge is 0.325 e. The Morgan fingerprint density at radius 2 is 1.89 bits per heavy atom. The van der Waals surface area contributed by atoms with Crippen LogP contribution >= 0.6 is 0 Å². The summed E-state index contributed by atoms with van der Waals surface area (Å²) in [5.74, 6) is -1.27. The van der Waals surface area contributed by atoms with Crippen molar-refractivity contribution in [2.24, 2.45) is 0 Å². The van der Waals surface area contributed by atoms with E-state index >= 15 is 0 Å². The highest BCUT2D eigenvalue weighted by Gasteiger charge is 2.38. The Bertz CT molecular complexity index is 765. The van der Waals surface area contributed by atoms with Gasteiger partial charge in [0.05, 0.1) is 18.7 Å². The van der Waals surface area contributed by atoms with E-state index in [0.717, 1.165) is 19.3 Å². The number of benzene rings is 1. The van der Waals surface area contributed by atoms with E-state index < -0.39 is 29.9 Å². The van der Waals surface area contributed by atoms with E-state index in [2.05, 4.69) is 11.4 Å². The second-order valence-corrected chi connectivity index (χ2v) is 6.70. The predicted octanol–water partition coefficient (Wildman–Crippen LogP) is 1.65. The Morgan fingerprint density at radius 1 is 1.21 bits per heavy atom. The van der Waals surface area contributed by atoms with Gasteiger partial charge in [0, 0.05) is 7.05 Å². The number of carbonyl (C=O) groups excluding carboxylic acids is 3. The minimum absolute atomic E-state index is 0.293. The van der Waals surface area contributed by atoms with E-state index in [1.807, 2.05) is 0 Å². The summed E-state index contributed by atoms with van der Waals surface area (Å²) in [5, 5.41) is 12.0. The van der Waals surface area contributed by atoms with Gasteiger partial charge in [-0.05, 0) is 25.0 Å². The van der Waals surface area contributed by atoms with Crippen LogP contribution in [0.25, 0.3) is 0 Å². The molecule has 0 bridgehead atoms. The fourth-order valence-electron chi connectivity index (χ4n) is 3.27. The minimum atomic E-state index is -0.834. The lowest BCUT2D eigenvalue weighted by Gasteiger charge is -2.38. The second-order valence-electron chi connectivity index (χ2n) is 6.70. The van der Waals surface area contributed by atoms with Crippen LogP contribution in [0.4, 0.5) is 0 Å². The number of methoxy groups -OCH3 is 1. The fourth-order valence-corrected chi connectivity index (χ4v) is 3.27. The molecule has 0 saturated heterocycles. The Balaban J connectivity index is 1.82. The zero-order valence-electron chi connectivity index (χ0n) is 16.2. The highest BCUT2D eigenvalue weighted by atomic mass is 16.5. The fraction of sp³-hybridized carbons (Fsp3) is 0.500. The Kier molecular flexibility index (Phi) is 7.38. The molecule has 1 aromatic carbocycles. The molecule has 1 saturated carbocycles. The van der Waals surface area contributed by atoms with Crippen LogP contribution in [0.3, 0.4) is 0 Å². The molecule has 1 fully saturated rings. The molecule has 2 rings (SSSR count). The molecule has 1 aromatic rings. The van der Waals surface area contributed by atoms with Crippen LogP contribution in [-0.2, 0) is 14.3 Å². The first-order valence-electron chi connectivity index (χ1n) is 9.18. The maximum Gasteiger partial charge on any atom is 0.325 e. The third-order valence-corrected chi connectivity index (χ3v) is 5.01. The molecule has 0 aliphatic heterocycles. The van der Waals surface area contributed by atoms with Crippen LogP contribution in [0.1, 0.15) is 42.5 Å². The van der Waals surface area contributed by atoms with Crippen molar-refractivity contribution in [1.29, 1.82) is 5.26 Å². The zero-order valence-corrected chi connectivity index (χ0v) is 16.2. The summed E-state index contributed by atoms with van der Waals surface area (Å²) in [5.41, 5.74) is -0.540. The molecule has 0 atom stereocenters. The molecule has 1 N–H and O–H groups in total. The SMILES string of the molecule is COc1ccccc1C(=O)NCC(=O)OCC(=O)N(C)C1(C#N)CCCCC1. The van der Waals surface area contributed by atoms with Crippen molar-refractivity contribution in [2.45, 2.75) is 37.6 Å². The van der Waals surface area contributed by atoms with E-state index in [1.54, 1.807) is 31.3 Å². The molecule has 1 aliphatic carbocycles. The number of likely N-dealkylation sites (N-methyl/N-ethyl adjacent to an activating group) is 1. The van der Waals surface area contributed by atoms with Crippen molar-refractivity contribution in [3.63, 3.8) is 0 Å². The average Bonchev–Trinajstić information content (AvgIpc) is 2.75. The Hall–Kier alpha value is -3.08. The van der Waals surface area contributed by atoms with Gasteiger partial charge in [0.1, 0.15) is 17.8 Å². The summed E-state index contributed by atoms with van der Waals surface area (Å²) in [6.45, 7) is -0.847. The first-order chi connectivity index (χ1) is 13.4. The van der Waals surface area contributed by atoms with Gasteiger partial charge in [0.25, 0.3) is 11.8 Å². The number of nitrogens with one attached hydrogen (secondary N) is 1. The summed E-state index contributed by atoms with van der Waals surface area (Å²) < 4.78 is 10.1. The molecule has 150 valence electrons. The van der Waals surface area contributed by atoms with E-state index in [-0.39, 0.29) is 6.54 Å². The molecular formula is C20H25N3O5. The Morgan fingerprint density at radius 3 is 2.54 bits per heavy atom. The number of nitriles is 1. The van der Waals surface area contributed by atoms with Crippen LogP contribution in [0.5, 0.6) is 5.75 Å². The van der Waals surface area contributed by atoms with Crippen molar-refractivity contribution < 1.29 is 23.9 Å². The Labute approximate surface area is 164 Å². The number of amides is 2. The highest BCUT2D eigenvalue weighted by Crippen LogP contribution is 2.32. The number of nitrogens with zero attached hydrogens (tertiary/aromatic N) is 2. The number of para-hydroxylation sites is 1. The average molecular weight is 387 g/mol. The van der Waals surface area contributed by atoms with Crippen molar-refractivity contribution >= 4 is 17.8 Å². The number of esters is 1. The summed E-state index contributed by atoms with van der Waals surface area (Å²) >= 11 is 0. The lowest BCUT2D eigenvalue weighted by atomic mass is 9.81. The number of carbonyl (C=O) groups is 3. The highest BCUT2D eigenvalue weighted by molar-refractivity contribution is 5.98. The van der Waals surface area contributed by atoms with Gasteiger partial charge in [0.2, 0.25) is 0 Å². The van der Waals surface area contributed by atoms with Crippen molar-refractivity contribution in [1.82, 2.24) is 10.2 Å². The molecule has 0 unspecified atom stereocenters. The normalized spacial score (nSPS) is 15.0. The van der Waals surface area contributed by atoms with Gasteiger partial charge in [-0.15, -0.1) is 0 Å². The van der Waals surface area contributed by atoms with E-state index in [1.165, 1.54) is 12.0 Å². The summed E-state index contributed by atoms with van der Waals surface area (Å²) in [6.07, 6.45) is 4.07. The number of hydrogen-bond donors (Lipinski definition) is 1. The van der Waals surface area contributed by atoms with Crippen molar-refractivity contribution in [3.8, 4) is 11.8 Å². The van der Waals surface area contributed by atoms with Gasteiger partial charge in [-0.2, -0.15) is 5.26 Å². The first-order valence-corrected chi connectivity index (χ1v) is 9.18. The van der Waals surface area contributed by atoms with Crippen LogP contribution in [0.2, 0.25) is 0 Å². The number of hydrogen-bond acceptors (Lipinski definition) is 6. The third-order valence-electron chi connectivity index (χ3n) is 5.01. The van der Waals surface area contributed by atoms with Gasteiger partial charge in [-0.3, -0.25) is 14.4 Å². The zero-order chi connectivity index (χ0) is 20.6.